The molecule has 1 aromatic rings. The van der Waals surface area contributed by atoms with Gasteiger partial charge in [-0.05, 0) is 31.1 Å². The second-order valence-electron chi connectivity index (χ2n) is 5.28. The minimum atomic E-state index is 0.270. The lowest BCUT2D eigenvalue weighted by Gasteiger charge is -2.33. The molecule has 1 heterocycles. The zero-order valence-electron chi connectivity index (χ0n) is 12.0. The molecule has 0 aliphatic heterocycles. The molecular formula is C13H22N4O2. The summed E-state index contributed by atoms with van der Waals surface area (Å²) in [6, 6.07) is 0.936. The van der Waals surface area contributed by atoms with Crippen molar-refractivity contribution in [1.29, 1.82) is 0 Å². The Morgan fingerprint density at radius 1 is 1.00 bits per heavy atom. The summed E-state index contributed by atoms with van der Waals surface area (Å²) in [6.45, 7) is 4.57. The Balaban J connectivity index is 2.09. The summed E-state index contributed by atoms with van der Waals surface area (Å²) in [4.78, 5) is 12.4. The van der Waals surface area contributed by atoms with Gasteiger partial charge in [0, 0.05) is 6.04 Å². The molecular weight excluding hydrogens is 244 g/mol. The first kappa shape index (κ1) is 13.8. The van der Waals surface area contributed by atoms with Crippen molar-refractivity contribution in [3.63, 3.8) is 0 Å². The second kappa shape index (κ2) is 6.04. The van der Waals surface area contributed by atoms with Crippen molar-refractivity contribution in [2.24, 2.45) is 11.8 Å². The molecule has 0 amide bonds. The molecule has 1 saturated carbocycles. The van der Waals surface area contributed by atoms with Crippen LogP contribution < -0.4 is 14.8 Å². The van der Waals surface area contributed by atoms with Crippen molar-refractivity contribution in [3.8, 4) is 12.0 Å². The van der Waals surface area contributed by atoms with Crippen molar-refractivity contribution in [1.82, 2.24) is 15.0 Å². The number of methoxy groups -OCH3 is 2. The van der Waals surface area contributed by atoms with Gasteiger partial charge in [0.2, 0.25) is 5.95 Å². The van der Waals surface area contributed by atoms with E-state index in [9.17, 15) is 0 Å². The number of ether oxygens (including phenoxy) is 2. The first-order valence-corrected chi connectivity index (χ1v) is 6.73. The first-order valence-electron chi connectivity index (χ1n) is 6.73. The molecule has 3 unspecified atom stereocenters. The predicted molar refractivity (Wildman–Crippen MR) is 72.5 cm³/mol. The highest BCUT2D eigenvalue weighted by atomic mass is 16.5. The Morgan fingerprint density at radius 2 is 1.63 bits per heavy atom. The van der Waals surface area contributed by atoms with E-state index in [0.717, 1.165) is 12.3 Å². The van der Waals surface area contributed by atoms with Crippen LogP contribution in [-0.2, 0) is 0 Å². The molecule has 0 spiro atoms. The highest BCUT2D eigenvalue weighted by Crippen LogP contribution is 2.30. The smallest absolute Gasteiger partial charge is 0.324 e. The minimum Gasteiger partial charge on any atom is -0.467 e. The summed E-state index contributed by atoms with van der Waals surface area (Å²) in [5, 5.41) is 3.38. The molecule has 19 heavy (non-hydrogen) atoms. The summed E-state index contributed by atoms with van der Waals surface area (Å²) in [5.74, 6) is 1.93. The third-order valence-corrected chi connectivity index (χ3v) is 3.71. The number of hydrogen-bond donors (Lipinski definition) is 1. The molecule has 106 valence electrons. The molecule has 1 aromatic heterocycles. The Hall–Kier alpha value is -1.59. The molecule has 0 aromatic carbocycles. The van der Waals surface area contributed by atoms with E-state index < -0.39 is 0 Å². The van der Waals surface area contributed by atoms with Gasteiger partial charge in [0.05, 0.1) is 14.2 Å². The van der Waals surface area contributed by atoms with Gasteiger partial charge in [-0.15, -0.1) is 4.98 Å². The maximum absolute atomic E-state index is 5.05. The van der Waals surface area contributed by atoms with Gasteiger partial charge < -0.3 is 14.8 Å². The van der Waals surface area contributed by atoms with E-state index >= 15 is 0 Å². The van der Waals surface area contributed by atoms with Crippen molar-refractivity contribution < 1.29 is 9.47 Å². The Morgan fingerprint density at radius 3 is 2.16 bits per heavy atom. The number of hydrogen-bond acceptors (Lipinski definition) is 6. The normalized spacial score (nSPS) is 26.8. The van der Waals surface area contributed by atoms with E-state index in [2.05, 4.69) is 34.1 Å². The summed E-state index contributed by atoms with van der Waals surface area (Å²) in [5.41, 5.74) is 0. The average Bonchev–Trinajstić information content (AvgIpc) is 2.41. The Kier molecular flexibility index (Phi) is 4.39. The van der Waals surface area contributed by atoms with E-state index in [-0.39, 0.29) is 12.0 Å². The van der Waals surface area contributed by atoms with Gasteiger partial charge in [-0.25, -0.2) is 0 Å². The summed E-state index contributed by atoms with van der Waals surface area (Å²) in [6.07, 6.45) is 3.61. The lowest BCUT2D eigenvalue weighted by atomic mass is 9.80. The molecule has 1 aliphatic carbocycles. The monoisotopic (exact) mass is 266 g/mol. The quantitative estimate of drug-likeness (QED) is 0.900. The Labute approximate surface area is 114 Å². The van der Waals surface area contributed by atoms with Crippen LogP contribution in [0.3, 0.4) is 0 Å². The molecule has 0 saturated heterocycles. The third kappa shape index (κ3) is 3.45. The van der Waals surface area contributed by atoms with E-state index in [4.69, 9.17) is 9.47 Å². The molecule has 0 bridgehead atoms. The van der Waals surface area contributed by atoms with Crippen LogP contribution in [0.4, 0.5) is 5.95 Å². The molecule has 6 nitrogen and oxygen atoms in total. The largest absolute Gasteiger partial charge is 0.467 e. The zero-order valence-corrected chi connectivity index (χ0v) is 12.0. The van der Waals surface area contributed by atoms with Crippen molar-refractivity contribution in [2.75, 3.05) is 19.5 Å². The van der Waals surface area contributed by atoms with Crippen LogP contribution in [0.5, 0.6) is 12.0 Å². The maximum Gasteiger partial charge on any atom is 0.324 e. The van der Waals surface area contributed by atoms with E-state index in [1.54, 1.807) is 0 Å². The fraction of sp³-hybridized carbons (Fsp3) is 0.769. The van der Waals surface area contributed by atoms with E-state index in [0.29, 0.717) is 17.9 Å². The standard InChI is InChI=1S/C13H22N4O2/c1-8-5-6-10(9(2)7-8)14-11-15-12(18-3)17-13(16-11)19-4/h8-10H,5-7H2,1-4H3,(H,14,15,16,17). The predicted octanol–water partition coefficient (Wildman–Crippen LogP) is 2.13. The highest BCUT2D eigenvalue weighted by molar-refractivity contribution is 5.29. The topological polar surface area (TPSA) is 69.2 Å². The second-order valence-corrected chi connectivity index (χ2v) is 5.28. The van der Waals surface area contributed by atoms with Gasteiger partial charge in [-0.3, -0.25) is 0 Å². The van der Waals surface area contributed by atoms with Gasteiger partial charge in [0.25, 0.3) is 0 Å². The Bertz CT molecular complexity index is 405. The van der Waals surface area contributed by atoms with Gasteiger partial charge in [-0.1, -0.05) is 13.8 Å². The first-order chi connectivity index (χ1) is 9.12. The highest BCUT2D eigenvalue weighted by Gasteiger charge is 2.26. The SMILES string of the molecule is COc1nc(NC2CCC(C)CC2C)nc(OC)n1. The van der Waals surface area contributed by atoms with Crippen LogP contribution in [0.2, 0.25) is 0 Å². The minimum absolute atomic E-state index is 0.270. The van der Waals surface area contributed by atoms with Gasteiger partial charge in [0.1, 0.15) is 0 Å². The van der Waals surface area contributed by atoms with Crippen LogP contribution >= 0.6 is 0 Å². The summed E-state index contributed by atoms with van der Waals surface area (Å²) in [7, 11) is 3.06. The molecule has 1 N–H and O–H groups in total. The third-order valence-electron chi connectivity index (χ3n) is 3.71. The number of anilines is 1. The van der Waals surface area contributed by atoms with Gasteiger partial charge in [0.15, 0.2) is 0 Å². The van der Waals surface area contributed by atoms with E-state index in [1.807, 2.05) is 0 Å². The summed E-state index contributed by atoms with van der Waals surface area (Å²) < 4.78 is 10.1. The molecule has 3 atom stereocenters. The zero-order chi connectivity index (χ0) is 13.8. The number of nitrogens with zero attached hydrogens (tertiary/aromatic N) is 3. The lowest BCUT2D eigenvalue weighted by molar-refractivity contribution is 0.275. The molecule has 1 fully saturated rings. The molecule has 6 heteroatoms. The van der Waals surface area contributed by atoms with Crippen molar-refractivity contribution in [2.45, 2.75) is 39.2 Å². The van der Waals surface area contributed by atoms with Crippen LogP contribution in [0.15, 0.2) is 0 Å². The fourth-order valence-corrected chi connectivity index (χ4v) is 2.63. The molecule has 1 aliphatic rings. The van der Waals surface area contributed by atoms with Crippen LogP contribution in [0.1, 0.15) is 33.1 Å². The van der Waals surface area contributed by atoms with Crippen molar-refractivity contribution >= 4 is 5.95 Å². The molecule has 0 radical (unpaired) electrons. The number of rotatable bonds is 4. The van der Waals surface area contributed by atoms with Crippen molar-refractivity contribution in [3.05, 3.63) is 0 Å². The van der Waals surface area contributed by atoms with Crippen LogP contribution in [-0.4, -0.2) is 35.2 Å². The van der Waals surface area contributed by atoms with Gasteiger partial charge in [-0.2, -0.15) is 9.97 Å². The average molecular weight is 266 g/mol. The fourth-order valence-electron chi connectivity index (χ4n) is 2.63. The van der Waals surface area contributed by atoms with Crippen LogP contribution in [0, 0.1) is 11.8 Å². The summed E-state index contributed by atoms with van der Waals surface area (Å²) >= 11 is 0. The van der Waals surface area contributed by atoms with Gasteiger partial charge >= 0.3 is 12.0 Å². The maximum atomic E-state index is 5.05. The van der Waals surface area contributed by atoms with Crippen LogP contribution in [0.25, 0.3) is 0 Å². The number of nitrogens with one attached hydrogen (secondary N) is 1. The van der Waals surface area contributed by atoms with E-state index in [1.165, 1.54) is 27.1 Å². The molecule has 2 rings (SSSR count). The number of aromatic nitrogens is 3. The lowest BCUT2D eigenvalue weighted by Crippen LogP contribution is -2.33.